The molecular weight excluding hydrogens is 170 g/mol. The standard InChI is InChI=1S/C6H14N2O2.ClH/c7-4-2-1-3-5(8)6(9)10;/h5H,1-4,7-8H2,(H,9,10);1H/t5-;/m0./s1/i5+2;. The largest absolute Gasteiger partial charge is 0.480 e. The summed E-state index contributed by atoms with van der Waals surface area (Å²) in [7, 11) is 0. The molecule has 5 N–H and O–H groups in total. The second-order valence-corrected chi connectivity index (χ2v) is 2.23. The lowest BCUT2D eigenvalue weighted by Crippen LogP contribution is -2.29. The van der Waals surface area contributed by atoms with Crippen LogP contribution in [0.15, 0.2) is 0 Å². The number of carboxylic acid groups (broad SMARTS) is 1. The van der Waals surface area contributed by atoms with E-state index in [0.29, 0.717) is 13.0 Å². The van der Waals surface area contributed by atoms with E-state index in [4.69, 9.17) is 16.6 Å². The number of aliphatic carboxylic acids is 1. The lowest BCUT2D eigenvalue weighted by Gasteiger charge is -2.03. The van der Waals surface area contributed by atoms with Crippen LogP contribution in [0.2, 0.25) is 0 Å². The molecule has 0 saturated carbocycles. The SMILES string of the molecule is Cl.NCCCC[14C@H](N)C(=O)O. The minimum absolute atomic E-state index is 0. The first-order valence-electron chi connectivity index (χ1n) is 3.37. The summed E-state index contributed by atoms with van der Waals surface area (Å²) in [6.45, 7) is 0.604. The molecule has 0 aliphatic carbocycles. The number of hydrogen-bond acceptors (Lipinski definition) is 3. The summed E-state index contributed by atoms with van der Waals surface area (Å²) < 4.78 is 0. The highest BCUT2D eigenvalue weighted by Crippen LogP contribution is 1.96. The monoisotopic (exact) mass is 184 g/mol. The molecule has 0 amide bonds. The molecule has 0 aliphatic heterocycles. The maximum atomic E-state index is 10.1. The third-order valence-electron chi connectivity index (χ3n) is 1.29. The van der Waals surface area contributed by atoms with Crippen molar-refractivity contribution in [2.24, 2.45) is 11.5 Å². The summed E-state index contributed by atoms with van der Waals surface area (Å²) >= 11 is 0. The van der Waals surface area contributed by atoms with Gasteiger partial charge >= 0.3 is 5.97 Å². The van der Waals surface area contributed by atoms with Crippen LogP contribution in [0, 0.1) is 0 Å². The highest BCUT2D eigenvalue weighted by molar-refractivity contribution is 5.85. The number of carboxylic acids is 1. The summed E-state index contributed by atoms with van der Waals surface area (Å²) in [6, 6.07) is -0.716. The molecule has 0 bridgehead atoms. The minimum Gasteiger partial charge on any atom is -0.480 e. The van der Waals surface area contributed by atoms with Gasteiger partial charge in [-0.2, -0.15) is 0 Å². The number of nitrogens with two attached hydrogens (primary N) is 2. The molecule has 5 heteroatoms. The van der Waals surface area contributed by atoms with Crippen LogP contribution in [0.3, 0.4) is 0 Å². The number of rotatable bonds is 5. The fraction of sp³-hybridized carbons (Fsp3) is 0.833. The Labute approximate surface area is 72.4 Å². The molecule has 0 radical (unpaired) electrons. The van der Waals surface area contributed by atoms with Crippen molar-refractivity contribution in [1.82, 2.24) is 0 Å². The Hall–Kier alpha value is -0.320. The van der Waals surface area contributed by atoms with E-state index in [-0.39, 0.29) is 12.4 Å². The Bertz CT molecular complexity index is 111. The zero-order chi connectivity index (χ0) is 7.98. The summed E-state index contributed by atoms with van der Waals surface area (Å²) in [5.74, 6) is -0.933. The summed E-state index contributed by atoms with van der Waals surface area (Å²) in [5.41, 5.74) is 10.4. The van der Waals surface area contributed by atoms with Gasteiger partial charge in [-0.05, 0) is 19.4 Å². The predicted octanol–water partition coefficient (Wildman–Crippen LogP) is -0.0509. The third-order valence-corrected chi connectivity index (χ3v) is 1.29. The van der Waals surface area contributed by atoms with Crippen LogP contribution in [-0.4, -0.2) is 23.7 Å². The zero-order valence-corrected chi connectivity index (χ0v) is 7.14. The average Bonchev–Trinajstić information content (AvgIpc) is 1.88. The zero-order valence-electron chi connectivity index (χ0n) is 6.32. The topological polar surface area (TPSA) is 89.3 Å². The van der Waals surface area contributed by atoms with Gasteiger partial charge in [0, 0.05) is 0 Å². The summed E-state index contributed by atoms with van der Waals surface area (Å²) in [5, 5.41) is 8.33. The van der Waals surface area contributed by atoms with Gasteiger partial charge in [-0.3, -0.25) is 4.79 Å². The predicted molar refractivity (Wildman–Crippen MR) is 45.8 cm³/mol. The first-order valence-corrected chi connectivity index (χ1v) is 3.37. The van der Waals surface area contributed by atoms with Crippen molar-refractivity contribution in [1.29, 1.82) is 0 Å². The van der Waals surface area contributed by atoms with Gasteiger partial charge in [0.05, 0.1) is 0 Å². The fourth-order valence-corrected chi connectivity index (χ4v) is 0.632. The highest BCUT2D eigenvalue weighted by atomic mass is 35.5. The van der Waals surface area contributed by atoms with E-state index in [1.165, 1.54) is 0 Å². The van der Waals surface area contributed by atoms with Gasteiger partial charge in [-0.25, -0.2) is 0 Å². The van der Waals surface area contributed by atoms with Crippen LogP contribution in [0.5, 0.6) is 0 Å². The Morgan fingerprint density at radius 2 is 2.00 bits per heavy atom. The molecular formula is C6H15ClN2O2. The fourth-order valence-electron chi connectivity index (χ4n) is 0.632. The first kappa shape index (κ1) is 13.3. The van der Waals surface area contributed by atoms with Crippen LogP contribution in [-0.2, 0) is 4.79 Å². The van der Waals surface area contributed by atoms with Crippen LogP contribution >= 0.6 is 12.4 Å². The summed E-state index contributed by atoms with van der Waals surface area (Å²) in [6.07, 6.45) is 2.16. The second-order valence-electron chi connectivity index (χ2n) is 2.23. The molecule has 0 aliphatic rings. The van der Waals surface area contributed by atoms with Crippen LogP contribution < -0.4 is 11.5 Å². The van der Waals surface area contributed by atoms with Crippen molar-refractivity contribution in [2.75, 3.05) is 6.54 Å². The van der Waals surface area contributed by atoms with Crippen LogP contribution in [0.1, 0.15) is 19.3 Å². The van der Waals surface area contributed by atoms with E-state index in [0.717, 1.165) is 12.8 Å². The molecule has 4 nitrogen and oxygen atoms in total. The van der Waals surface area contributed by atoms with E-state index in [9.17, 15) is 4.79 Å². The number of halogens is 1. The smallest absolute Gasteiger partial charge is 0.320 e. The molecule has 68 valence electrons. The Kier molecular flexibility index (Phi) is 9.40. The molecule has 0 heterocycles. The van der Waals surface area contributed by atoms with Crippen molar-refractivity contribution in [3.05, 3.63) is 0 Å². The lowest BCUT2D eigenvalue weighted by atomic mass is 10.3. The summed E-state index contributed by atoms with van der Waals surface area (Å²) in [4.78, 5) is 10.1. The van der Waals surface area contributed by atoms with Crippen molar-refractivity contribution in [3.8, 4) is 0 Å². The number of unbranched alkanes of at least 4 members (excludes halogenated alkanes) is 1. The first-order chi connectivity index (χ1) is 4.68. The highest BCUT2D eigenvalue weighted by Gasteiger charge is 2.09. The molecule has 0 rings (SSSR count). The van der Waals surface area contributed by atoms with Gasteiger partial charge < -0.3 is 16.6 Å². The van der Waals surface area contributed by atoms with Gasteiger partial charge in [0.25, 0.3) is 0 Å². The maximum Gasteiger partial charge on any atom is 0.320 e. The van der Waals surface area contributed by atoms with Gasteiger partial charge in [0.2, 0.25) is 0 Å². The van der Waals surface area contributed by atoms with E-state index in [2.05, 4.69) is 0 Å². The molecule has 11 heavy (non-hydrogen) atoms. The van der Waals surface area contributed by atoms with E-state index < -0.39 is 12.0 Å². The molecule has 0 fully saturated rings. The third kappa shape index (κ3) is 7.58. The Morgan fingerprint density at radius 3 is 2.36 bits per heavy atom. The molecule has 0 aromatic carbocycles. The minimum atomic E-state index is -0.933. The number of hydrogen-bond donors (Lipinski definition) is 3. The van der Waals surface area contributed by atoms with Gasteiger partial charge in [-0.15, -0.1) is 12.4 Å². The molecule has 1 atom stereocenters. The van der Waals surface area contributed by atoms with Crippen LogP contribution in [0.25, 0.3) is 0 Å². The van der Waals surface area contributed by atoms with Gasteiger partial charge in [-0.1, -0.05) is 6.42 Å². The lowest BCUT2D eigenvalue weighted by molar-refractivity contribution is -0.138. The van der Waals surface area contributed by atoms with Crippen molar-refractivity contribution in [3.63, 3.8) is 0 Å². The second kappa shape index (κ2) is 7.78. The van der Waals surface area contributed by atoms with E-state index >= 15 is 0 Å². The van der Waals surface area contributed by atoms with Crippen LogP contribution in [0.4, 0.5) is 0 Å². The quantitative estimate of drug-likeness (QED) is 0.523. The molecule has 0 unspecified atom stereocenters. The van der Waals surface area contributed by atoms with E-state index in [1.54, 1.807) is 0 Å². The van der Waals surface area contributed by atoms with Crippen molar-refractivity contribution in [2.45, 2.75) is 25.3 Å². The Morgan fingerprint density at radius 1 is 1.45 bits per heavy atom. The van der Waals surface area contributed by atoms with Gasteiger partial charge in [0.1, 0.15) is 6.04 Å². The van der Waals surface area contributed by atoms with Crippen molar-refractivity contribution >= 4 is 18.4 Å². The molecule has 0 aromatic heterocycles. The molecule has 0 saturated heterocycles. The Balaban J connectivity index is 0. The van der Waals surface area contributed by atoms with Crippen molar-refractivity contribution < 1.29 is 9.90 Å². The van der Waals surface area contributed by atoms with Gasteiger partial charge in [0.15, 0.2) is 0 Å². The maximum absolute atomic E-state index is 10.1. The average molecular weight is 185 g/mol. The molecule has 0 aromatic rings. The van der Waals surface area contributed by atoms with E-state index in [1.807, 2.05) is 0 Å². The normalized spacial score (nSPS) is 11.8. The number of carbonyl (C=O) groups is 1. The molecule has 0 spiro atoms.